The first kappa shape index (κ1) is 26.6. The molecule has 2 N–H and O–H groups in total. The third-order valence-corrected chi connectivity index (χ3v) is 6.65. The van der Waals surface area contributed by atoms with Crippen molar-refractivity contribution in [3.63, 3.8) is 0 Å². The summed E-state index contributed by atoms with van der Waals surface area (Å²) in [7, 11) is 0. The van der Waals surface area contributed by atoms with Gasteiger partial charge < -0.3 is 20.3 Å². The largest absolute Gasteiger partial charge is 0.444 e. The highest BCUT2D eigenvalue weighted by atomic mass is 16.6. The topological polar surface area (TPSA) is 87.7 Å². The lowest BCUT2D eigenvalue weighted by Crippen LogP contribution is -2.54. The molecule has 1 aromatic carbocycles. The van der Waals surface area contributed by atoms with Crippen molar-refractivity contribution in [2.45, 2.75) is 103 Å². The second-order valence-electron chi connectivity index (χ2n) is 10.9. The van der Waals surface area contributed by atoms with Gasteiger partial charge in [0.05, 0.1) is 0 Å². The number of hydrogen-bond donors (Lipinski definition) is 2. The van der Waals surface area contributed by atoms with Gasteiger partial charge in [-0.25, -0.2) is 4.79 Å². The lowest BCUT2D eigenvalue weighted by Gasteiger charge is -2.35. The van der Waals surface area contributed by atoms with Gasteiger partial charge in [-0.15, -0.1) is 6.42 Å². The number of hydrogen-bond acceptors (Lipinski definition) is 4. The third-order valence-electron chi connectivity index (χ3n) is 6.65. The van der Waals surface area contributed by atoms with Gasteiger partial charge in [0, 0.05) is 17.6 Å². The van der Waals surface area contributed by atoms with Crippen LogP contribution in [0, 0.1) is 18.3 Å². The highest BCUT2D eigenvalue weighted by Gasteiger charge is 2.47. The number of rotatable bonds is 7. The molecule has 1 aromatic rings. The van der Waals surface area contributed by atoms with Gasteiger partial charge in [0.1, 0.15) is 17.7 Å². The van der Waals surface area contributed by atoms with E-state index in [1.807, 2.05) is 12.1 Å². The molecule has 4 atom stereocenters. The molecule has 4 unspecified atom stereocenters. The smallest absolute Gasteiger partial charge is 0.408 e. The van der Waals surface area contributed by atoms with Crippen LogP contribution in [0.4, 0.5) is 4.79 Å². The fourth-order valence-corrected chi connectivity index (χ4v) is 4.67. The van der Waals surface area contributed by atoms with Gasteiger partial charge in [0.25, 0.3) is 0 Å². The predicted octanol–water partition coefficient (Wildman–Crippen LogP) is 4.31. The van der Waals surface area contributed by atoms with Gasteiger partial charge in [-0.1, -0.05) is 44.2 Å². The first-order valence-corrected chi connectivity index (χ1v) is 12.7. The molecule has 7 heteroatoms. The van der Waals surface area contributed by atoms with Crippen LogP contribution in [-0.4, -0.2) is 46.5 Å². The molecule has 3 rings (SSSR count). The van der Waals surface area contributed by atoms with Crippen LogP contribution < -0.4 is 10.6 Å². The van der Waals surface area contributed by atoms with Crippen LogP contribution in [0.1, 0.15) is 90.3 Å². The second kappa shape index (κ2) is 11.2. The van der Waals surface area contributed by atoms with E-state index in [0.717, 1.165) is 32.1 Å². The number of amides is 3. The van der Waals surface area contributed by atoms with Crippen molar-refractivity contribution in [2.75, 3.05) is 0 Å². The minimum atomic E-state index is -0.854. The molecule has 3 amide bonds. The highest BCUT2D eigenvalue weighted by molar-refractivity contribution is 5.92. The molecule has 0 aliphatic heterocycles. The van der Waals surface area contributed by atoms with Crippen LogP contribution >= 0.6 is 0 Å². The van der Waals surface area contributed by atoms with Gasteiger partial charge in [0.2, 0.25) is 11.8 Å². The molecule has 7 nitrogen and oxygen atoms in total. The van der Waals surface area contributed by atoms with Gasteiger partial charge in [-0.2, -0.15) is 0 Å². The molecule has 0 bridgehead atoms. The van der Waals surface area contributed by atoms with Crippen molar-refractivity contribution in [2.24, 2.45) is 5.92 Å². The number of benzene rings is 1. The molecule has 0 radical (unpaired) electrons. The Morgan fingerprint density at radius 2 is 1.71 bits per heavy atom. The second-order valence-corrected chi connectivity index (χ2v) is 10.9. The Kier molecular flexibility index (Phi) is 8.47. The van der Waals surface area contributed by atoms with E-state index in [1.165, 1.54) is 6.42 Å². The van der Waals surface area contributed by atoms with E-state index < -0.39 is 23.8 Å². The summed E-state index contributed by atoms with van der Waals surface area (Å²) in [5, 5.41) is 5.85. The van der Waals surface area contributed by atoms with Crippen LogP contribution in [0.5, 0.6) is 0 Å². The zero-order chi connectivity index (χ0) is 25.8. The van der Waals surface area contributed by atoms with E-state index in [0.29, 0.717) is 11.1 Å². The summed E-state index contributed by atoms with van der Waals surface area (Å²) in [5.41, 5.74) is 0.727. The minimum absolute atomic E-state index is 0.0835. The molecular weight excluding hydrogens is 442 g/mol. The lowest BCUT2D eigenvalue weighted by atomic mass is 9.94. The third kappa shape index (κ3) is 7.24. The van der Waals surface area contributed by atoms with E-state index in [4.69, 9.17) is 11.2 Å². The lowest BCUT2D eigenvalue weighted by molar-refractivity contribution is -0.143. The fraction of sp³-hybridized carbons (Fsp3) is 0.607. The standard InChI is InChI=1S/C28H39N3O4/c1-7-20-13-15-21(16-14-20)24(25(32)30-22-11-9-8-10-12-22)31(23-17-18(23)2)26(33)19(3)29-27(34)35-28(4,5)6/h1,13-16,18-19,22-24H,8-12,17H2,2-6H3,(H,29,34)(H,30,32). The Morgan fingerprint density at radius 1 is 1.11 bits per heavy atom. The zero-order valence-corrected chi connectivity index (χ0v) is 21.6. The SMILES string of the molecule is C#Cc1ccc(C(C(=O)NC2CCCCC2)N(C(=O)C(C)NC(=O)OC(C)(C)C)C2CC2C)cc1. The molecule has 2 aliphatic carbocycles. The van der Waals surface area contributed by atoms with E-state index in [9.17, 15) is 14.4 Å². The molecule has 0 saturated heterocycles. The van der Waals surface area contributed by atoms with E-state index >= 15 is 0 Å². The Balaban J connectivity index is 1.89. The maximum atomic E-state index is 13.7. The summed E-state index contributed by atoms with van der Waals surface area (Å²) >= 11 is 0. The number of alkyl carbamates (subject to hydrolysis) is 1. The number of terminal acetylenes is 1. The van der Waals surface area contributed by atoms with Crippen molar-refractivity contribution in [1.29, 1.82) is 0 Å². The predicted molar refractivity (Wildman–Crippen MR) is 135 cm³/mol. The molecule has 190 valence electrons. The monoisotopic (exact) mass is 481 g/mol. The summed E-state index contributed by atoms with van der Waals surface area (Å²) in [6, 6.07) is 5.57. The highest BCUT2D eigenvalue weighted by Crippen LogP contribution is 2.41. The van der Waals surface area contributed by atoms with E-state index in [1.54, 1.807) is 44.7 Å². The average molecular weight is 482 g/mol. The van der Waals surface area contributed by atoms with Crippen molar-refractivity contribution in [3.8, 4) is 12.3 Å². The summed E-state index contributed by atoms with van der Waals surface area (Å²) in [4.78, 5) is 41.5. The first-order chi connectivity index (χ1) is 16.5. The Morgan fingerprint density at radius 3 is 2.23 bits per heavy atom. The number of ether oxygens (including phenoxy) is 1. The van der Waals surface area contributed by atoms with Gasteiger partial charge in [-0.3, -0.25) is 9.59 Å². The van der Waals surface area contributed by atoms with Gasteiger partial charge in [0.15, 0.2) is 0 Å². The number of carbonyl (C=O) groups is 3. The molecule has 0 spiro atoms. The number of nitrogens with one attached hydrogen (secondary N) is 2. The van der Waals surface area contributed by atoms with Crippen LogP contribution in [0.15, 0.2) is 24.3 Å². The van der Waals surface area contributed by atoms with Crippen molar-refractivity contribution < 1.29 is 19.1 Å². The maximum absolute atomic E-state index is 13.7. The number of carbonyl (C=O) groups excluding carboxylic acids is 3. The van der Waals surface area contributed by atoms with Crippen LogP contribution in [0.3, 0.4) is 0 Å². The zero-order valence-electron chi connectivity index (χ0n) is 21.6. The molecule has 2 saturated carbocycles. The summed E-state index contributed by atoms with van der Waals surface area (Å²) in [6.07, 6.45) is 10.9. The van der Waals surface area contributed by atoms with E-state index in [2.05, 4.69) is 23.5 Å². The molecule has 0 heterocycles. The maximum Gasteiger partial charge on any atom is 0.408 e. The van der Waals surface area contributed by atoms with E-state index in [-0.39, 0.29) is 29.8 Å². The van der Waals surface area contributed by atoms with Crippen LogP contribution in [0.2, 0.25) is 0 Å². The number of nitrogens with zero attached hydrogens (tertiary/aromatic N) is 1. The van der Waals surface area contributed by atoms with Crippen molar-refractivity contribution >= 4 is 17.9 Å². The van der Waals surface area contributed by atoms with Gasteiger partial charge in [-0.05, 0) is 70.6 Å². The van der Waals surface area contributed by atoms with Crippen LogP contribution in [0.25, 0.3) is 0 Å². The minimum Gasteiger partial charge on any atom is -0.444 e. The molecule has 35 heavy (non-hydrogen) atoms. The van der Waals surface area contributed by atoms with Crippen molar-refractivity contribution in [1.82, 2.24) is 15.5 Å². The summed E-state index contributed by atoms with van der Waals surface area (Å²) in [6.45, 7) is 8.99. The molecule has 0 aromatic heterocycles. The quantitative estimate of drug-likeness (QED) is 0.568. The molecular formula is C28H39N3O4. The first-order valence-electron chi connectivity index (χ1n) is 12.7. The average Bonchev–Trinajstić information content (AvgIpc) is 3.52. The summed E-state index contributed by atoms with van der Waals surface area (Å²) < 4.78 is 5.34. The molecule has 2 aliphatic rings. The Hall–Kier alpha value is -3.01. The summed E-state index contributed by atoms with van der Waals surface area (Å²) in [5.74, 6) is 2.36. The van der Waals surface area contributed by atoms with Crippen LogP contribution in [-0.2, 0) is 14.3 Å². The Bertz CT molecular complexity index is 954. The van der Waals surface area contributed by atoms with Crippen molar-refractivity contribution in [3.05, 3.63) is 35.4 Å². The fourth-order valence-electron chi connectivity index (χ4n) is 4.67. The van der Waals surface area contributed by atoms with Gasteiger partial charge >= 0.3 is 6.09 Å². The Labute approximate surface area is 209 Å². The molecule has 2 fully saturated rings. The normalized spacial score (nSPS) is 21.7.